The van der Waals surface area contributed by atoms with Crippen LogP contribution < -0.4 is 10.9 Å². The lowest BCUT2D eigenvalue weighted by molar-refractivity contribution is -0.385. The number of pyridine rings is 1. The lowest BCUT2D eigenvalue weighted by Crippen LogP contribution is -2.29. The summed E-state index contributed by atoms with van der Waals surface area (Å²) in [7, 11) is 0. The Kier molecular flexibility index (Phi) is 5.06. The van der Waals surface area contributed by atoms with E-state index >= 15 is 0 Å². The third-order valence-electron chi connectivity index (χ3n) is 3.19. The van der Waals surface area contributed by atoms with Crippen LogP contribution in [0.4, 0.5) is 24.5 Å². The monoisotopic (exact) mass is 366 g/mol. The smallest absolute Gasteiger partial charge is 0.325 e. The number of alkyl halides is 3. The molecule has 0 saturated carbocycles. The van der Waals surface area contributed by atoms with Crippen LogP contribution >= 0.6 is 0 Å². The van der Waals surface area contributed by atoms with Crippen LogP contribution in [0.5, 0.6) is 0 Å². The molecular formula is C15H9F3N4O4. The average Bonchev–Trinajstić information content (AvgIpc) is 2.55. The first-order valence-corrected chi connectivity index (χ1v) is 6.88. The summed E-state index contributed by atoms with van der Waals surface area (Å²) >= 11 is 0. The van der Waals surface area contributed by atoms with E-state index in [-0.39, 0.29) is 5.69 Å². The molecule has 0 radical (unpaired) electrons. The zero-order chi connectivity index (χ0) is 19.5. The molecule has 0 fully saturated rings. The Labute approximate surface area is 143 Å². The van der Waals surface area contributed by atoms with Crippen molar-refractivity contribution in [1.29, 1.82) is 5.26 Å². The molecule has 0 spiro atoms. The van der Waals surface area contributed by atoms with Gasteiger partial charge in [-0.3, -0.25) is 24.3 Å². The highest BCUT2D eigenvalue weighted by atomic mass is 19.4. The fourth-order valence-corrected chi connectivity index (χ4v) is 2.05. The topological polar surface area (TPSA) is 118 Å². The quantitative estimate of drug-likeness (QED) is 0.658. The number of aromatic nitrogens is 1. The second-order valence-corrected chi connectivity index (χ2v) is 5.04. The molecule has 0 aliphatic rings. The number of carbonyl (C=O) groups excluding carboxylic acids is 1. The normalized spacial score (nSPS) is 10.8. The number of hydrogen-bond donors (Lipinski definition) is 1. The predicted octanol–water partition coefficient (Wildman–Crippen LogP) is 2.29. The number of amides is 1. The van der Waals surface area contributed by atoms with E-state index in [0.717, 1.165) is 24.4 Å². The molecule has 1 aromatic heterocycles. The molecule has 0 atom stereocenters. The minimum atomic E-state index is -4.60. The van der Waals surface area contributed by atoms with E-state index in [1.54, 1.807) is 0 Å². The molecule has 0 aliphatic carbocycles. The Morgan fingerprint density at radius 2 is 2.04 bits per heavy atom. The second kappa shape index (κ2) is 7.06. The minimum absolute atomic E-state index is 0.163. The van der Waals surface area contributed by atoms with Crippen molar-refractivity contribution in [2.24, 2.45) is 0 Å². The molecule has 1 amide bonds. The SMILES string of the molecule is N#Cc1cc([N+](=O)[O-])cn(CC(=O)Nc2cccc(C(F)(F)F)c2)c1=O. The number of halogens is 3. The maximum absolute atomic E-state index is 12.7. The van der Waals surface area contributed by atoms with Gasteiger partial charge >= 0.3 is 6.18 Å². The third-order valence-corrected chi connectivity index (χ3v) is 3.19. The van der Waals surface area contributed by atoms with Crippen LogP contribution in [0.15, 0.2) is 41.3 Å². The van der Waals surface area contributed by atoms with Crippen LogP contribution in [-0.4, -0.2) is 15.4 Å². The van der Waals surface area contributed by atoms with E-state index in [1.807, 2.05) is 0 Å². The summed E-state index contributed by atoms with van der Waals surface area (Å²) in [6, 6.07) is 6.07. The van der Waals surface area contributed by atoms with Gasteiger partial charge in [0.25, 0.3) is 11.2 Å². The molecule has 0 saturated heterocycles. The number of nitro groups is 1. The highest BCUT2D eigenvalue weighted by Gasteiger charge is 2.30. The Balaban J connectivity index is 2.26. The first-order valence-electron chi connectivity index (χ1n) is 6.88. The van der Waals surface area contributed by atoms with Gasteiger partial charge < -0.3 is 5.32 Å². The van der Waals surface area contributed by atoms with Gasteiger partial charge in [0, 0.05) is 11.8 Å². The van der Waals surface area contributed by atoms with Crippen molar-refractivity contribution in [3.05, 3.63) is 68.1 Å². The molecule has 2 aromatic rings. The van der Waals surface area contributed by atoms with Gasteiger partial charge in [0.1, 0.15) is 18.2 Å². The maximum atomic E-state index is 12.7. The summed E-state index contributed by atoms with van der Waals surface area (Å²) in [6.07, 6.45) is -3.83. The molecule has 26 heavy (non-hydrogen) atoms. The molecule has 2 rings (SSSR count). The number of benzene rings is 1. The van der Waals surface area contributed by atoms with Gasteiger partial charge in [-0.1, -0.05) is 6.07 Å². The number of anilines is 1. The first kappa shape index (κ1) is 18.7. The van der Waals surface area contributed by atoms with E-state index in [9.17, 15) is 32.9 Å². The van der Waals surface area contributed by atoms with Crippen molar-refractivity contribution in [1.82, 2.24) is 4.57 Å². The minimum Gasteiger partial charge on any atom is -0.325 e. The number of hydrogen-bond acceptors (Lipinski definition) is 5. The standard InChI is InChI=1S/C15H9F3N4O4/c16-15(17,18)10-2-1-3-11(5-10)20-13(23)8-21-7-12(22(25)26)4-9(6-19)14(21)24/h1-5,7H,8H2,(H,20,23). The second-order valence-electron chi connectivity index (χ2n) is 5.04. The number of nitriles is 1. The fourth-order valence-electron chi connectivity index (χ4n) is 2.05. The number of nitrogens with one attached hydrogen (secondary N) is 1. The molecule has 0 unspecified atom stereocenters. The molecule has 0 bridgehead atoms. The van der Waals surface area contributed by atoms with Crippen molar-refractivity contribution in [2.45, 2.75) is 12.7 Å². The van der Waals surface area contributed by atoms with Crippen molar-refractivity contribution in [3.8, 4) is 6.07 Å². The largest absolute Gasteiger partial charge is 0.416 e. The predicted molar refractivity (Wildman–Crippen MR) is 82.1 cm³/mol. The summed E-state index contributed by atoms with van der Waals surface area (Å²) < 4.78 is 38.6. The maximum Gasteiger partial charge on any atom is 0.416 e. The molecule has 11 heteroatoms. The Bertz CT molecular complexity index is 976. The first-order chi connectivity index (χ1) is 12.1. The van der Waals surface area contributed by atoms with Crippen LogP contribution in [0.3, 0.4) is 0 Å². The lowest BCUT2D eigenvalue weighted by Gasteiger charge is -2.10. The molecule has 1 N–H and O–H groups in total. The summed E-state index contributed by atoms with van der Waals surface area (Å²) in [5.74, 6) is -0.893. The van der Waals surface area contributed by atoms with E-state index in [4.69, 9.17) is 5.26 Å². The summed E-state index contributed by atoms with van der Waals surface area (Å²) in [5.41, 5.74) is -3.19. The van der Waals surface area contributed by atoms with Crippen LogP contribution in [0.25, 0.3) is 0 Å². The van der Waals surface area contributed by atoms with E-state index in [1.165, 1.54) is 12.1 Å². The van der Waals surface area contributed by atoms with E-state index in [0.29, 0.717) is 10.6 Å². The van der Waals surface area contributed by atoms with Gasteiger partial charge in [0.2, 0.25) is 5.91 Å². The van der Waals surface area contributed by atoms with Gasteiger partial charge in [-0.2, -0.15) is 18.4 Å². The number of carbonyl (C=O) groups is 1. The Morgan fingerprint density at radius 1 is 1.35 bits per heavy atom. The molecule has 134 valence electrons. The summed E-state index contributed by atoms with van der Waals surface area (Å²) in [5, 5.41) is 21.8. The van der Waals surface area contributed by atoms with Gasteiger partial charge in [0.15, 0.2) is 0 Å². The molecule has 1 aromatic carbocycles. The van der Waals surface area contributed by atoms with Gasteiger partial charge in [-0.15, -0.1) is 0 Å². The Hall–Kier alpha value is -3.68. The van der Waals surface area contributed by atoms with Gasteiger partial charge in [0.05, 0.1) is 16.7 Å². The third kappa shape index (κ3) is 4.23. The van der Waals surface area contributed by atoms with Crippen LogP contribution in [-0.2, 0) is 17.5 Å². The zero-order valence-electron chi connectivity index (χ0n) is 12.8. The van der Waals surface area contributed by atoms with Crippen molar-refractivity contribution in [2.75, 3.05) is 5.32 Å². The molecule has 0 aliphatic heterocycles. The average molecular weight is 366 g/mol. The van der Waals surface area contributed by atoms with Gasteiger partial charge in [-0.05, 0) is 18.2 Å². The molecule has 8 nitrogen and oxygen atoms in total. The summed E-state index contributed by atoms with van der Waals surface area (Å²) in [6.45, 7) is -0.717. The number of nitrogens with zero attached hydrogens (tertiary/aromatic N) is 3. The summed E-state index contributed by atoms with van der Waals surface area (Å²) in [4.78, 5) is 33.9. The van der Waals surface area contributed by atoms with E-state index < -0.39 is 45.9 Å². The zero-order valence-corrected chi connectivity index (χ0v) is 12.8. The van der Waals surface area contributed by atoms with Gasteiger partial charge in [-0.25, -0.2) is 0 Å². The Morgan fingerprint density at radius 3 is 2.62 bits per heavy atom. The van der Waals surface area contributed by atoms with Crippen molar-refractivity contribution < 1.29 is 22.9 Å². The van der Waals surface area contributed by atoms with E-state index in [2.05, 4.69) is 5.32 Å². The fraction of sp³-hybridized carbons (Fsp3) is 0.133. The van der Waals surface area contributed by atoms with Crippen molar-refractivity contribution >= 4 is 17.3 Å². The highest BCUT2D eigenvalue weighted by Crippen LogP contribution is 2.30. The lowest BCUT2D eigenvalue weighted by atomic mass is 10.2. The van der Waals surface area contributed by atoms with Crippen molar-refractivity contribution in [3.63, 3.8) is 0 Å². The highest BCUT2D eigenvalue weighted by molar-refractivity contribution is 5.90. The molecule has 1 heterocycles. The molecular weight excluding hydrogens is 357 g/mol. The van der Waals surface area contributed by atoms with Crippen LogP contribution in [0.1, 0.15) is 11.1 Å². The number of rotatable bonds is 4. The van der Waals surface area contributed by atoms with Crippen LogP contribution in [0, 0.1) is 21.4 Å². The van der Waals surface area contributed by atoms with Crippen LogP contribution in [0.2, 0.25) is 0 Å².